The van der Waals surface area contributed by atoms with Crippen molar-refractivity contribution in [2.75, 3.05) is 24.7 Å². The molecule has 1 fully saturated rings. The maximum Gasteiger partial charge on any atom is 0.410 e. The number of carbonyl (C=O) groups is 1. The molecular formula is C24H31FN2O5S. The normalized spacial score (nSPS) is 15.2. The van der Waals surface area contributed by atoms with Crippen molar-refractivity contribution in [2.24, 2.45) is 0 Å². The molecule has 0 spiro atoms. The summed E-state index contributed by atoms with van der Waals surface area (Å²) in [5.41, 5.74) is 0.653. The minimum Gasteiger partial charge on any atom is -0.490 e. The fraction of sp³-hybridized carbons (Fsp3) is 0.458. The molecule has 1 saturated heterocycles. The van der Waals surface area contributed by atoms with Crippen molar-refractivity contribution in [3.63, 3.8) is 0 Å². The lowest BCUT2D eigenvalue weighted by Crippen LogP contribution is -2.44. The number of rotatable bonds is 6. The Morgan fingerprint density at radius 2 is 1.76 bits per heavy atom. The molecule has 1 aliphatic heterocycles. The third-order valence-corrected chi connectivity index (χ3v) is 6.28. The molecule has 9 heteroatoms. The van der Waals surface area contributed by atoms with Gasteiger partial charge in [-0.05, 0) is 56.7 Å². The highest BCUT2D eigenvalue weighted by Gasteiger charge is 2.27. The first-order chi connectivity index (χ1) is 15.4. The van der Waals surface area contributed by atoms with Gasteiger partial charge in [0.1, 0.15) is 23.3 Å². The summed E-state index contributed by atoms with van der Waals surface area (Å²) in [6.07, 6.45) is 2.23. The van der Waals surface area contributed by atoms with Crippen molar-refractivity contribution >= 4 is 21.6 Å². The topological polar surface area (TPSA) is 84.9 Å². The van der Waals surface area contributed by atoms with Gasteiger partial charge in [-0.1, -0.05) is 12.1 Å². The quantitative estimate of drug-likeness (QED) is 0.652. The lowest BCUT2D eigenvalue weighted by molar-refractivity contribution is 0.0126. The SMILES string of the molecule is CC(C)(C)OC(=O)N1CCC(Oc2ccc(CNc3ccc(S(C)(=O)=O)cc3F)cc2)CC1. The second kappa shape index (κ2) is 9.99. The smallest absolute Gasteiger partial charge is 0.410 e. The standard InChI is InChI=1S/C24H31FN2O5S/c1-24(2,3)32-23(28)27-13-11-19(12-14-27)31-18-7-5-17(6-8-18)16-26-22-10-9-20(15-21(22)25)33(4,29)30/h5-10,15,19,26H,11-14,16H2,1-4H3. The molecule has 0 atom stereocenters. The first-order valence-corrected chi connectivity index (χ1v) is 12.8. The van der Waals surface area contributed by atoms with Crippen LogP contribution in [0.15, 0.2) is 47.4 Å². The van der Waals surface area contributed by atoms with Crippen LogP contribution in [0.4, 0.5) is 14.9 Å². The Kier molecular flexibility index (Phi) is 7.51. The zero-order chi connectivity index (χ0) is 24.2. The predicted octanol–water partition coefficient (Wildman–Crippen LogP) is 4.62. The number of sulfone groups is 1. The highest BCUT2D eigenvalue weighted by atomic mass is 32.2. The molecule has 0 aliphatic carbocycles. The van der Waals surface area contributed by atoms with Crippen LogP contribution in [-0.4, -0.2) is 50.5 Å². The lowest BCUT2D eigenvalue weighted by Gasteiger charge is -2.33. The van der Waals surface area contributed by atoms with Gasteiger partial charge in [-0.15, -0.1) is 0 Å². The van der Waals surface area contributed by atoms with Crippen LogP contribution in [0.3, 0.4) is 0 Å². The van der Waals surface area contributed by atoms with E-state index in [1.165, 1.54) is 12.1 Å². The van der Waals surface area contributed by atoms with Crippen LogP contribution in [0.1, 0.15) is 39.2 Å². The van der Waals surface area contributed by atoms with Gasteiger partial charge in [0.15, 0.2) is 9.84 Å². The van der Waals surface area contributed by atoms with E-state index in [0.717, 1.165) is 36.5 Å². The summed E-state index contributed by atoms with van der Waals surface area (Å²) in [6.45, 7) is 7.11. The molecule has 2 aromatic rings. The van der Waals surface area contributed by atoms with Crippen molar-refractivity contribution < 1.29 is 27.1 Å². The molecule has 0 radical (unpaired) electrons. The summed E-state index contributed by atoms with van der Waals surface area (Å²) in [5.74, 6) is 0.119. The molecule has 0 aromatic heterocycles. The summed E-state index contributed by atoms with van der Waals surface area (Å²) < 4.78 is 48.7. The Morgan fingerprint density at radius 3 is 2.30 bits per heavy atom. The third-order valence-electron chi connectivity index (χ3n) is 5.17. The van der Waals surface area contributed by atoms with Crippen LogP contribution in [0, 0.1) is 5.82 Å². The zero-order valence-electron chi connectivity index (χ0n) is 19.4. The number of anilines is 1. The number of ether oxygens (including phenoxy) is 2. The highest BCUT2D eigenvalue weighted by molar-refractivity contribution is 7.90. The molecular weight excluding hydrogens is 447 g/mol. The van der Waals surface area contributed by atoms with Crippen LogP contribution in [0.2, 0.25) is 0 Å². The number of benzene rings is 2. The van der Waals surface area contributed by atoms with Crippen LogP contribution in [0.5, 0.6) is 5.75 Å². The van der Waals surface area contributed by atoms with E-state index in [2.05, 4.69) is 5.32 Å². The van der Waals surface area contributed by atoms with Crippen LogP contribution < -0.4 is 10.1 Å². The maximum absolute atomic E-state index is 14.2. The number of hydrogen-bond acceptors (Lipinski definition) is 6. The van der Waals surface area contributed by atoms with Gasteiger partial charge in [-0.3, -0.25) is 0 Å². The molecule has 1 N–H and O–H groups in total. The van der Waals surface area contributed by atoms with Crippen molar-refractivity contribution in [3.05, 3.63) is 53.8 Å². The molecule has 33 heavy (non-hydrogen) atoms. The predicted molar refractivity (Wildman–Crippen MR) is 125 cm³/mol. The monoisotopic (exact) mass is 478 g/mol. The van der Waals surface area contributed by atoms with Gasteiger partial charge >= 0.3 is 6.09 Å². The number of carbonyl (C=O) groups excluding carboxylic acids is 1. The van der Waals surface area contributed by atoms with E-state index in [9.17, 15) is 17.6 Å². The first kappa shape index (κ1) is 24.8. The van der Waals surface area contributed by atoms with E-state index in [-0.39, 0.29) is 22.8 Å². The van der Waals surface area contributed by atoms with Gasteiger partial charge in [0.05, 0.1) is 10.6 Å². The van der Waals surface area contributed by atoms with Gasteiger partial charge in [0, 0.05) is 38.7 Å². The molecule has 1 amide bonds. The molecule has 2 aromatic carbocycles. The van der Waals surface area contributed by atoms with Gasteiger partial charge in [-0.2, -0.15) is 0 Å². The van der Waals surface area contributed by atoms with E-state index in [1.54, 1.807) is 4.90 Å². The number of hydrogen-bond donors (Lipinski definition) is 1. The molecule has 180 valence electrons. The molecule has 0 bridgehead atoms. The fourth-order valence-electron chi connectivity index (χ4n) is 3.43. The average Bonchev–Trinajstić information content (AvgIpc) is 2.72. The van der Waals surface area contributed by atoms with Crippen molar-refractivity contribution in [3.8, 4) is 5.75 Å². The number of halogens is 1. The van der Waals surface area contributed by atoms with Gasteiger partial charge in [0.2, 0.25) is 0 Å². The largest absolute Gasteiger partial charge is 0.490 e. The van der Waals surface area contributed by atoms with E-state index in [0.29, 0.717) is 19.6 Å². The summed E-state index contributed by atoms with van der Waals surface area (Å²) in [4.78, 5) is 13.8. The van der Waals surface area contributed by atoms with Gasteiger partial charge < -0.3 is 19.7 Å². The molecule has 1 heterocycles. The number of amides is 1. The van der Waals surface area contributed by atoms with Crippen molar-refractivity contribution in [2.45, 2.75) is 56.8 Å². The minimum atomic E-state index is -3.45. The summed E-state index contributed by atoms with van der Waals surface area (Å²) in [5, 5.41) is 2.98. The van der Waals surface area contributed by atoms with E-state index < -0.39 is 21.3 Å². The third kappa shape index (κ3) is 7.35. The summed E-state index contributed by atoms with van der Waals surface area (Å²) >= 11 is 0. The van der Waals surface area contributed by atoms with E-state index in [1.807, 2.05) is 45.0 Å². The number of likely N-dealkylation sites (tertiary alicyclic amines) is 1. The van der Waals surface area contributed by atoms with Gasteiger partial charge in [-0.25, -0.2) is 17.6 Å². The Balaban J connectivity index is 1.48. The summed E-state index contributed by atoms with van der Waals surface area (Å²) in [6, 6.07) is 11.3. The Bertz CT molecular complexity index is 1070. The number of nitrogens with one attached hydrogen (secondary N) is 1. The Morgan fingerprint density at radius 1 is 1.12 bits per heavy atom. The number of nitrogens with zero attached hydrogens (tertiary/aromatic N) is 1. The zero-order valence-corrected chi connectivity index (χ0v) is 20.2. The molecule has 7 nitrogen and oxygen atoms in total. The van der Waals surface area contributed by atoms with E-state index >= 15 is 0 Å². The highest BCUT2D eigenvalue weighted by Crippen LogP contribution is 2.23. The first-order valence-electron chi connectivity index (χ1n) is 10.9. The minimum absolute atomic E-state index is 0.0233. The maximum atomic E-state index is 14.2. The number of piperidine rings is 1. The molecule has 0 unspecified atom stereocenters. The average molecular weight is 479 g/mol. The molecule has 0 saturated carbocycles. The van der Waals surface area contributed by atoms with Crippen LogP contribution in [0.25, 0.3) is 0 Å². The lowest BCUT2D eigenvalue weighted by atomic mass is 10.1. The Hall–Kier alpha value is -2.81. The van der Waals surface area contributed by atoms with Crippen LogP contribution >= 0.6 is 0 Å². The second-order valence-electron chi connectivity index (χ2n) is 9.20. The van der Waals surface area contributed by atoms with Crippen molar-refractivity contribution in [1.82, 2.24) is 4.90 Å². The van der Waals surface area contributed by atoms with Crippen molar-refractivity contribution in [1.29, 1.82) is 0 Å². The van der Waals surface area contributed by atoms with E-state index in [4.69, 9.17) is 9.47 Å². The van der Waals surface area contributed by atoms with Gasteiger partial charge in [0.25, 0.3) is 0 Å². The summed E-state index contributed by atoms with van der Waals surface area (Å²) in [7, 11) is -3.45. The Labute approximate surface area is 194 Å². The van der Waals surface area contributed by atoms with Crippen LogP contribution in [-0.2, 0) is 21.1 Å². The molecule has 3 rings (SSSR count). The fourth-order valence-corrected chi connectivity index (χ4v) is 4.06. The molecule has 1 aliphatic rings. The second-order valence-corrected chi connectivity index (χ2v) is 11.2.